The average Bonchev–Trinajstić information content (AvgIpc) is 2.91. The van der Waals surface area contributed by atoms with Gasteiger partial charge in [0.2, 0.25) is 5.91 Å². The molecule has 21 heavy (non-hydrogen) atoms. The van der Waals surface area contributed by atoms with Crippen molar-refractivity contribution in [2.24, 2.45) is 0 Å². The topological polar surface area (TPSA) is 90.9 Å². The van der Waals surface area contributed by atoms with Gasteiger partial charge in [-0.3, -0.25) is 9.89 Å². The van der Waals surface area contributed by atoms with Crippen molar-refractivity contribution in [2.45, 2.75) is 25.5 Å². The Labute approximate surface area is 131 Å². The highest BCUT2D eigenvalue weighted by molar-refractivity contribution is 6.34. The van der Waals surface area contributed by atoms with Gasteiger partial charge in [0, 0.05) is 10.0 Å². The first-order valence-electron chi connectivity index (χ1n) is 6.24. The van der Waals surface area contributed by atoms with Crippen LogP contribution in [0.4, 0.5) is 0 Å². The fourth-order valence-electron chi connectivity index (χ4n) is 1.85. The highest BCUT2D eigenvalue weighted by Crippen LogP contribution is 2.25. The number of rotatable bonds is 5. The van der Waals surface area contributed by atoms with Crippen molar-refractivity contribution in [1.29, 1.82) is 0 Å². The van der Waals surface area contributed by atoms with Crippen LogP contribution in [0.3, 0.4) is 0 Å². The fourth-order valence-corrected chi connectivity index (χ4v) is 2.40. The quantitative estimate of drug-likeness (QED) is 0.786. The van der Waals surface area contributed by atoms with Crippen LogP contribution in [0.15, 0.2) is 24.5 Å². The van der Waals surface area contributed by atoms with E-state index in [1.807, 2.05) is 0 Å². The molecule has 0 aliphatic carbocycles. The largest absolute Gasteiger partial charge is 0.388 e. The molecule has 0 aliphatic rings. The van der Waals surface area contributed by atoms with Gasteiger partial charge in [0.1, 0.15) is 12.2 Å². The minimum absolute atomic E-state index is 0.102. The third kappa shape index (κ3) is 4.42. The summed E-state index contributed by atoms with van der Waals surface area (Å²) in [5.74, 6) is 0.228. The lowest BCUT2D eigenvalue weighted by atomic mass is 10.1. The molecule has 0 spiro atoms. The van der Waals surface area contributed by atoms with Crippen LogP contribution < -0.4 is 5.32 Å². The zero-order chi connectivity index (χ0) is 15.4. The molecule has 2 unspecified atom stereocenters. The number of nitrogens with one attached hydrogen (secondary N) is 2. The molecule has 0 fully saturated rings. The van der Waals surface area contributed by atoms with Crippen molar-refractivity contribution in [3.8, 4) is 0 Å². The number of H-pyrrole nitrogens is 1. The van der Waals surface area contributed by atoms with E-state index in [0.717, 1.165) is 0 Å². The Hall–Kier alpha value is -1.63. The molecule has 8 heteroatoms. The number of hydrogen-bond acceptors (Lipinski definition) is 4. The normalized spacial score (nSPS) is 13.7. The third-order valence-electron chi connectivity index (χ3n) is 2.87. The van der Waals surface area contributed by atoms with E-state index in [0.29, 0.717) is 21.4 Å². The van der Waals surface area contributed by atoms with E-state index in [-0.39, 0.29) is 18.4 Å². The molecule has 1 aromatic heterocycles. The molecule has 1 heterocycles. The Morgan fingerprint density at radius 3 is 2.62 bits per heavy atom. The second-order valence-electron chi connectivity index (χ2n) is 4.58. The van der Waals surface area contributed by atoms with Gasteiger partial charge in [0.25, 0.3) is 0 Å². The number of halogens is 2. The maximum absolute atomic E-state index is 11.9. The van der Waals surface area contributed by atoms with E-state index in [1.165, 1.54) is 6.33 Å². The van der Waals surface area contributed by atoms with Gasteiger partial charge in [-0.2, -0.15) is 5.10 Å². The van der Waals surface area contributed by atoms with Crippen molar-refractivity contribution < 1.29 is 9.90 Å². The minimum Gasteiger partial charge on any atom is -0.388 e. The molecule has 112 valence electrons. The number of aliphatic hydroxyl groups excluding tert-OH is 1. The van der Waals surface area contributed by atoms with E-state index in [2.05, 4.69) is 20.5 Å². The number of carbonyl (C=O) groups excluding carboxylic acids is 1. The fraction of sp³-hybridized carbons (Fsp3) is 0.308. The molecule has 0 saturated heterocycles. The van der Waals surface area contributed by atoms with Crippen LogP contribution in [0.2, 0.25) is 10.0 Å². The Balaban J connectivity index is 1.95. The number of benzene rings is 1. The summed E-state index contributed by atoms with van der Waals surface area (Å²) in [6.45, 7) is 1.76. The summed E-state index contributed by atoms with van der Waals surface area (Å²) < 4.78 is 0. The third-order valence-corrected chi connectivity index (χ3v) is 3.31. The smallest absolute Gasteiger partial charge is 0.223 e. The molecule has 0 bridgehead atoms. The molecule has 1 amide bonds. The molecule has 1 aromatic carbocycles. The van der Waals surface area contributed by atoms with Crippen LogP contribution in [0, 0.1) is 0 Å². The van der Waals surface area contributed by atoms with E-state index in [4.69, 9.17) is 23.2 Å². The minimum atomic E-state index is -0.983. The molecule has 0 saturated carbocycles. The lowest BCUT2D eigenvalue weighted by Gasteiger charge is -2.14. The molecular formula is C13H14Cl2N4O2. The van der Waals surface area contributed by atoms with Crippen LogP contribution in [0.25, 0.3) is 0 Å². The number of nitrogens with zero attached hydrogens (tertiary/aromatic N) is 2. The van der Waals surface area contributed by atoms with E-state index >= 15 is 0 Å². The number of carbonyl (C=O) groups is 1. The Morgan fingerprint density at radius 1 is 1.38 bits per heavy atom. The summed E-state index contributed by atoms with van der Waals surface area (Å²) in [6.07, 6.45) is 0.277. The molecule has 3 N–H and O–H groups in total. The molecule has 6 nitrogen and oxygen atoms in total. The van der Waals surface area contributed by atoms with Gasteiger partial charge >= 0.3 is 0 Å². The Bertz CT molecular complexity index is 598. The molecule has 0 radical (unpaired) electrons. The predicted octanol–water partition coefficient (Wildman–Crippen LogP) is 2.41. The standard InChI is InChI=1S/C13H14Cl2N4O2/c1-7(13-16-6-17-19-13)18-12(21)5-11(20)8-2-9(14)4-10(15)3-8/h2-4,6-7,11,20H,5H2,1H3,(H,18,21)(H,16,17,19). The summed E-state index contributed by atoms with van der Waals surface area (Å²) >= 11 is 11.7. The monoisotopic (exact) mass is 328 g/mol. The summed E-state index contributed by atoms with van der Waals surface area (Å²) in [6, 6.07) is 4.39. The molecule has 0 aliphatic heterocycles. The van der Waals surface area contributed by atoms with Crippen molar-refractivity contribution in [2.75, 3.05) is 0 Å². The van der Waals surface area contributed by atoms with Gasteiger partial charge in [-0.1, -0.05) is 23.2 Å². The maximum Gasteiger partial charge on any atom is 0.223 e. The van der Waals surface area contributed by atoms with Gasteiger partial charge in [-0.25, -0.2) is 4.98 Å². The van der Waals surface area contributed by atoms with Gasteiger partial charge in [0.05, 0.1) is 18.6 Å². The number of aromatic amines is 1. The second-order valence-corrected chi connectivity index (χ2v) is 5.46. The molecular weight excluding hydrogens is 315 g/mol. The number of aromatic nitrogens is 3. The van der Waals surface area contributed by atoms with Crippen LogP contribution in [0.5, 0.6) is 0 Å². The average molecular weight is 329 g/mol. The van der Waals surface area contributed by atoms with Gasteiger partial charge in [-0.05, 0) is 30.7 Å². The number of aliphatic hydroxyl groups is 1. The number of hydrogen-bond donors (Lipinski definition) is 3. The molecule has 2 atom stereocenters. The SMILES string of the molecule is CC(NC(=O)CC(O)c1cc(Cl)cc(Cl)c1)c1ncn[nH]1. The highest BCUT2D eigenvalue weighted by atomic mass is 35.5. The van der Waals surface area contributed by atoms with Crippen molar-refractivity contribution >= 4 is 29.1 Å². The van der Waals surface area contributed by atoms with Crippen molar-refractivity contribution in [3.05, 3.63) is 46.0 Å². The second kappa shape index (κ2) is 6.89. The maximum atomic E-state index is 11.9. The molecule has 2 aromatic rings. The zero-order valence-electron chi connectivity index (χ0n) is 11.2. The lowest BCUT2D eigenvalue weighted by molar-refractivity contribution is -0.123. The summed E-state index contributed by atoms with van der Waals surface area (Å²) in [5, 5.41) is 20.0. The number of amides is 1. The summed E-state index contributed by atoms with van der Waals surface area (Å²) in [5.41, 5.74) is 0.495. The Kier molecular flexibility index (Phi) is 5.17. The van der Waals surface area contributed by atoms with Gasteiger partial charge < -0.3 is 10.4 Å². The van der Waals surface area contributed by atoms with Gasteiger partial charge in [0.15, 0.2) is 0 Å². The summed E-state index contributed by atoms with van der Waals surface area (Å²) in [4.78, 5) is 15.9. The van der Waals surface area contributed by atoms with Gasteiger partial charge in [-0.15, -0.1) is 0 Å². The lowest BCUT2D eigenvalue weighted by Crippen LogP contribution is -2.28. The van der Waals surface area contributed by atoms with Crippen molar-refractivity contribution in [1.82, 2.24) is 20.5 Å². The van der Waals surface area contributed by atoms with Crippen LogP contribution in [-0.2, 0) is 4.79 Å². The zero-order valence-corrected chi connectivity index (χ0v) is 12.7. The van der Waals surface area contributed by atoms with E-state index < -0.39 is 6.10 Å². The first kappa shape index (κ1) is 15.8. The van der Waals surface area contributed by atoms with Crippen LogP contribution in [-0.4, -0.2) is 26.2 Å². The van der Waals surface area contributed by atoms with Crippen LogP contribution >= 0.6 is 23.2 Å². The van der Waals surface area contributed by atoms with Crippen molar-refractivity contribution in [3.63, 3.8) is 0 Å². The van der Waals surface area contributed by atoms with E-state index in [1.54, 1.807) is 25.1 Å². The predicted molar refractivity (Wildman–Crippen MR) is 79.0 cm³/mol. The Morgan fingerprint density at radius 2 is 2.05 bits per heavy atom. The first-order chi connectivity index (χ1) is 9.95. The van der Waals surface area contributed by atoms with E-state index in [9.17, 15) is 9.90 Å². The molecule has 2 rings (SSSR count). The van der Waals surface area contributed by atoms with Crippen LogP contribution in [0.1, 0.15) is 36.9 Å². The summed E-state index contributed by atoms with van der Waals surface area (Å²) in [7, 11) is 0. The highest BCUT2D eigenvalue weighted by Gasteiger charge is 2.17. The first-order valence-corrected chi connectivity index (χ1v) is 7.00.